The Balaban J connectivity index is 1.92. The van der Waals surface area contributed by atoms with E-state index in [4.69, 9.17) is 14.6 Å². The Hall–Kier alpha value is -3.33. The van der Waals surface area contributed by atoms with E-state index < -0.39 is 29.0 Å². The fourth-order valence-electron chi connectivity index (χ4n) is 2.74. The summed E-state index contributed by atoms with van der Waals surface area (Å²) >= 11 is 0.712. The fraction of sp³-hybridized carbons (Fsp3) is 0.190. The van der Waals surface area contributed by atoms with Gasteiger partial charge >= 0.3 is 5.97 Å². The van der Waals surface area contributed by atoms with Crippen LogP contribution in [0.2, 0.25) is 0 Å². The number of para-hydroxylation sites is 1. The molecule has 2 amide bonds. The van der Waals surface area contributed by atoms with Gasteiger partial charge in [0.25, 0.3) is 11.1 Å². The zero-order valence-corrected chi connectivity index (χ0v) is 16.9. The van der Waals surface area contributed by atoms with Crippen LogP contribution >= 0.6 is 11.8 Å². The number of aliphatic carboxylic acids is 1. The number of rotatable bonds is 7. The van der Waals surface area contributed by atoms with Gasteiger partial charge in [0, 0.05) is 11.1 Å². The van der Waals surface area contributed by atoms with E-state index >= 15 is 0 Å². The second kappa shape index (κ2) is 9.00. The lowest BCUT2D eigenvalue weighted by atomic mass is 10.1. The summed E-state index contributed by atoms with van der Waals surface area (Å²) < 4.78 is 24.7. The van der Waals surface area contributed by atoms with E-state index in [1.54, 1.807) is 24.3 Å². The van der Waals surface area contributed by atoms with Crippen LogP contribution in [0.15, 0.2) is 47.4 Å². The van der Waals surface area contributed by atoms with Gasteiger partial charge in [-0.2, -0.15) is 0 Å². The number of halogens is 1. The molecular formula is C21H18FNO6S. The predicted octanol–water partition coefficient (Wildman–Crippen LogP) is 3.92. The lowest BCUT2D eigenvalue weighted by molar-refractivity contribution is -0.144. The van der Waals surface area contributed by atoms with Crippen LogP contribution in [0.3, 0.4) is 0 Å². The summed E-state index contributed by atoms with van der Waals surface area (Å²) in [4.78, 5) is 37.3. The fourth-order valence-corrected chi connectivity index (χ4v) is 3.56. The van der Waals surface area contributed by atoms with Crippen LogP contribution in [-0.4, -0.2) is 40.3 Å². The van der Waals surface area contributed by atoms with Crippen LogP contribution in [0.5, 0.6) is 11.5 Å². The highest BCUT2D eigenvalue weighted by Crippen LogP contribution is 2.38. The molecule has 0 unspecified atom stereocenters. The molecule has 1 aliphatic heterocycles. The first-order valence-electron chi connectivity index (χ1n) is 8.87. The largest absolute Gasteiger partial charge is 0.493 e. The Morgan fingerprint density at radius 2 is 1.97 bits per heavy atom. The molecule has 9 heteroatoms. The van der Waals surface area contributed by atoms with Gasteiger partial charge in [-0.15, -0.1) is 0 Å². The van der Waals surface area contributed by atoms with Crippen molar-refractivity contribution in [3.8, 4) is 11.5 Å². The zero-order valence-electron chi connectivity index (χ0n) is 16.1. The third-order valence-electron chi connectivity index (χ3n) is 4.32. The first kappa shape index (κ1) is 21.4. The molecule has 1 aliphatic rings. The van der Waals surface area contributed by atoms with Gasteiger partial charge in [0.15, 0.2) is 17.6 Å². The van der Waals surface area contributed by atoms with Crippen LogP contribution < -0.4 is 9.47 Å². The van der Waals surface area contributed by atoms with Crippen molar-refractivity contribution in [2.45, 2.75) is 19.6 Å². The van der Waals surface area contributed by atoms with Crippen LogP contribution in [0.25, 0.3) is 6.08 Å². The average Bonchev–Trinajstić information content (AvgIpc) is 2.98. The number of benzene rings is 2. The molecule has 1 saturated heterocycles. The first-order chi connectivity index (χ1) is 14.3. The standard InChI is InChI=1S/C21H18FNO6S/c1-12(20(25)26)29-18-13(7-5-9-16(18)28-2)10-17-19(24)23(21(27)30-17)11-14-6-3-4-8-15(14)22/h3-10,12H,11H2,1-2H3,(H,25,26)/b17-10-/t12-/m1/s1. The van der Waals surface area contributed by atoms with Crippen molar-refractivity contribution in [2.24, 2.45) is 0 Å². The zero-order chi connectivity index (χ0) is 21.8. The molecular weight excluding hydrogens is 413 g/mol. The van der Waals surface area contributed by atoms with Gasteiger partial charge in [-0.05, 0) is 36.9 Å². The van der Waals surface area contributed by atoms with Gasteiger partial charge in [-0.25, -0.2) is 9.18 Å². The van der Waals surface area contributed by atoms with Crippen LogP contribution in [0.4, 0.5) is 9.18 Å². The number of carbonyl (C=O) groups excluding carboxylic acids is 2. The summed E-state index contributed by atoms with van der Waals surface area (Å²) in [6, 6.07) is 10.7. The number of imide groups is 1. The number of carboxylic acid groups (broad SMARTS) is 1. The van der Waals surface area contributed by atoms with E-state index in [0.717, 1.165) is 4.90 Å². The van der Waals surface area contributed by atoms with Gasteiger partial charge < -0.3 is 14.6 Å². The minimum Gasteiger partial charge on any atom is -0.493 e. The maximum absolute atomic E-state index is 13.9. The summed E-state index contributed by atoms with van der Waals surface area (Å²) in [5, 5.41) is 8.61. The minimum atomic E-state index is -1.17. The highest BCUT2D eigenvalue weighted by molar-refractivity contribution is 8.18. The highest BCUT2D eigenvalue weighted by Gasteiger charge is 2.35. The number of methoxy groups -OCH3 is 1. The SMILES string of the molecule is COc1cccc(/C=C2\SC(=O)N(Cc3ccccc3F)C2=O)c1O[C@H](C)C(=O)O. The van der Waals surface area contributed by atoms with Crippen molar-refractivity contribution < 1.29 is 33.4 Å². The molecule has 0 bridgehead atoms. The molecule has 0 radical (unpaired) electrons. The average molecular weight is 431 g/mol. The highest BCUT2D eigenvalue weighted by atomic mass is 32.2. The molecule has 1 heterocycles. The van der Waals surface area contributed by atoms with Crippen molar-refractivity contribution in [3.63, 3.8) is 0 Å². The number of thioether (sulfide) groups is 1. The Bertz CT molecular complexity index is 1040. The third kappa shape index (κ3) is 4.46. The molecule has 1 N–H and O–H groups in total. The van der Waals surface area contributed by atoms with Crippen molar-refractivity contribution in [1.29, 1.82) is 0 Å². The van der Waals surface area contributed by atoms with Crippen LogP contribution in [0, 0.1) is 5.82 Å². The Morgan fingerprint density at radius 3 is 2.63 bits per heavy atom. The second-order valence-corrected chi connectivity index (χ2v) is 7.33. The molecule has 2 aromatic carbocycles. The molecule has 30 heavy (non-hydrogen) atoms. The monoisotopic (exact) mass is 431 g/mol. The van der Waals surface area contributed by atoms with Gasteiger partial charge in [0.1, 0.15) is 5.82 Å². The quantitative estimate of drug-likeness (QED) is 0.664. The van der Waals surface area contributed by atoms with E-state index in [1.807, 2.05) is 0 Å². The molecule has 156 valence electrons. The number of amides is 2. The molecule has 7 nitrogen and oxygen atoms in total. The predicted molar refractivity (Wildman–Crippen MR) is 109 cm³/mol. The molecule has 0 spiro atoms. The first-order valence-corrected chi connectivity index (χ1v) is 9.68. The summed E-state index contributed by atoms with van der Waals surface area (Å²) in [5.74, 6) is -1.84. The number of hydrogen-bond donors (Lipinski definition) is 1. The Morgan fingerprint density at radius 1 is 1.23 bits per heavy atom. The maximum Gasteiger partial charge on any atom is 0.344 e. The second-order valence-electron chi connectivity index (χ2n) is 6.34. The minimum absolute atomic E-state index is 0.109. The van der Waals surface area contributed by atoms with Crippen LogP contribution in [-0.2, 0) is 16.1 Å². The van der Waals surface area contributed by atoms with Gasteiger partial charge in [0.2, 0.25) is 0 Å². The van der Waals surface area contributed by atoms with E-state index in [2.05, 4.69) is 0 Å². The Kier molecular flexibility index (Phi) is 6.41. The number of ether oxygens (including phenoxy) is 2. The number of carbonyl (C=O) groups is 3. The van der Waals surface area contributed by atoms with Gasteiger partial charge in [-0.1, -0.05) is 30.3 Å². The van der Waals surface area contributed by atoms with E-state index in [-0.39, 0.29) is 28.5 Å². The molecule has 1 fully saturated rings. The molecule has 2 aromatic rings. The molecule has 3 rings (SSSR count). The summed E-state index contributed by atoms with van der Waals surface area (Å²) in [7, 11) is 1.40. The van der Waals surface area contributed by atoms with Crippen LogP contribution in [0.1, 0.15) is 18.1 Å². The lowest BCUT2D eigenvalue weighted by Crippen LogP contribution is -2.28. The topological polar surface area (TPSA) is 93.1 Å². The van der Waals surface area contributed by atoms with Gasteiger partial charge in [0.05, 0.1) is 18.6 Å². The summed E-state index contributed by atoms with van der Waals surface area (Å²) in [6.07, 6.45) is 0.267. The van der Waals surface area contributed by atoms with Crippen molar-refractivity contribution >= 4 is 35.0 Å². The number of hydrogen-bond acceptors (Lipinski definition) is 6. The number of nitrogens with zero attached hydrogens (tertiary/aromatic N) is 1. The third-order valence-corrected chi connectivity index (χ3v) is 5.23. The smallest absolute Gasteiger partial charge is 0.344 e. The molecule has 0 saturated carbocycles. The molecule has 0 aliphatic carbocycles. The van der Waals surface area contributed by atoms with Crippen molar-refractivity contribution in [1.82, 2.24) is 4.90 Å². The van der Waals surface area contributed by atoms with E-state index in [0.29, 0.717) is 17.3 Å². The molecule has 1 atom stereocenters. The Labute approximate surface area is 176 Å². The maximum atomic E-state index is 13.9. The number of carboxylic acids is 1. The summed E-state index contributed by atoms with van der Waals surface area (Å²) in [5.41, 5.74) is 0.598. The van der Waals surface area contributed by atoms with E-state index in [1.165, 1.54) is 38.3 Å². The van der Waals surface area contributed by atoms with Gasteiger partial charge in [-0.3, -0.25) is 14.5 Å². The van der Waals surface area contributed by atoms with E-state index in [9.17, 15) is 18.8 Å². The lowest BCUT2D eigenvalue weighted by Gasteiger charge is -2.16. The summed E-state index contributed by atoms with van der Waals surface area (Å²) in [6.45, 7) is 1.17. The van der Waals surface area contributed by atoms with Crippen molar-refractivity contribution in [2.75, 3.05) is 7.11 Å². The molecule has 0 aromatic heterocycles. The van der Waals surface area contributed by atoms with Crippen molar-refractivity contribution in [3.05, 3.63) is 64.3 Å². The normalized spacial score (nSPS) is 16.1.